The highest BCUT2D eigenvalue weighted by Crippen LogP contribution is 2.30. The van der Waals surface area contributed by atoms with Gasteiger partial charge in [0.15, 0.2) is 11.5 Å². The summed E-state index contributed by atoms with van der Waals surface area (Å²) in [6.07, 6.45) is 0.975. The minimum atomic E-state index is -0.384. The second-order valence-electron chi connectivity index (χ2n) is 6.39. The molecule has 0 heterocycles. The normalized spacial score (nSPS) is 10.3. The van der Waals surface area contributed by atoms with Crippen LogP contribution >= 0.6 is 24.0 Å². The third-order valence-corrected chi connectivity index (χ3v) is 4.78. The second kappa shape index (κ2) is 11.7. The van der Waals surface area contributed by atoms with Crippen molar-refractivity contribution in [1.29, 1.82) is 0 Å². The summed E-state index contributed by atoms with van der Waals surface area (Å²) in [7, 11) is 1.59. The monoisotopic (exact) mass is 435 g/mol. The van der Waals surface area contributed by atoms with Gasteiger partial charge in [-0.2, -0.15) is 0 Å². The van der Waals surface area contributed by atoms with Crippen LogP contribution in [0.3, 0.4) is 0 Å². The van der Waals surface area contributed by atoms with E-state index in [4.69, 9.17) is 21.1 Å². The van der Waals surface area contributed by atoms with E-state index < -0.39 is 0 Å². The zero-order chi connectivity index (χ0) is 19.8. The molecule has 0 aromatic heterocycles. The van der Waals surface area contributed by atoms with Gasteiger partial charge < -0.3 is 14.8 Å². The highest BCUT2D eigenvalue weighted by molar-refractivity contribution is 6.31. The van der Waals surface area contributed by atoms with Crippen molar-refractivity contribution in [2.24, 2.45) is 0 Å². The van der Waals surface area contributed by atoms with Gasteiger partial charge in [-0.15, -0.1) is 12.4 Å². The number of methoxy groups -OCH3 is 1. The molecule has 0 fully saturated rings. The molecule has 0 aliphatic rings. The Morgan fingerprint density at radius 1 is 0.931 bits per heavy atom. The molecule has 0 spiro atoms. The third-order valence-electron chi connectivity index (χ3n) is 4.42. The van der Waals surface area contributed by atoms with Crippen LogP contribution in [0.5, 0.6) is 11.5 Å². The molecule has 0 radical (unpaired) electrons. The van der Waals surface area contributed by atoms with Crippen LogP contribution in [0, 0.1) is 5.82 Å². The van der Waals surface area contributed by atoms with E-state index in [0.29, 0.717) is 22.1 Å². The molecule has 0 aliphatic carbocycles. The van der Waals surface area contributed by atoms with E-state index in [2.05, 4.69) is 17.4 Å². The van der Waals surface area contributed by atoms with Crippen LogP contribution in [0.2, 0.25) is 5.02 Å². The summed E-state index contributed by atoms with van der Waals surface area (Å²) in [5, 5.41) is 3.78. The summed E-state index contributed by atoms with van der Waals surface area (Å²) in [6, 6.07) is 20.7. The maximum atomic E-state index is 13.9. The number of ether oxygens (including phenoxy) is 2. The molecule has 29 heavy (non-hydrogen) atoms. The first-order valence-electron chi connectivity index (χ1n) is 9.14. The predicted octanol–water partition coefficient (Wildman–Crippen LogP) is 5.82. The fraction of sp³-hybridized carbons (Fsp3) is 0.217. The van der Waals surface area contributed by atoms with Gasteiger partial charge >= 0.3 is 0 Å². The standard InChI is InChI=1S/C23H23ClFNO2.ClH/c1-27-23-14-18(15-26-13-12-17-6-3-2-4-7-17)10-11-22(23)28-16-19-20(24)8-5-9-21(19)25;/h2-11,14,26H,12-13,15-16H2,1H3;1H. The third kappa shape index (κ3) is 6.64. The van der Waals surface area contributed by atoms with E-state index in [9.17, 15) is 4.39 Å². The Morgan fingerprint density at radius 2 is 1.72 bits per heavy atom. The van der Waals surface area contributed by atoms with E-state index in [0.717, 1.165) is 25.1 Å². The Morgan fingerprint density at radius 3 is 2.45 bits per heavy atom. The van der Waals surface area contributed by atoms with Crippen LogP contribution in [-0.2, 0) is 19.6 Å². The SMILES string of the molecule is COc1cc(CNCCc2ccccc2)ccc1OCc1c(F)cccc1Cl.Cl. The lowest BCUT2D eigenvalue weighted by atomic mass is 10.1. The second-order valence-corrected chi connectivity index (χ2v) is 6.79. The number of nitrogens with one attached hydrogen (secondary N) is 1. The van der Waals surface area contributed by atoms with Crippen molar-refractivity contribution in [3.8, 4) is 11.5 Å². The Bertz CT molecular complexity index is 886. The average molecular weight is 436 g/mol. The van der Waals surface area contributed by atoms with Gasteiger partial charge in [-0.25, -0.2) is 4.39 Å². The Labute approximate surface area is 182 Å². The number of halogens is 3. The molecular formula is C23H24Cl2FNO2. The summed E-state index contributed by atoms with van der Waals surface area (Å²) in [4.78, 5) is 0. The summed E-state index contributed by atoms with van der Waals surface area (Å²) >= 11 is 6.05. The summed E-state index contributed by atoms with van der Waals surface area (Å²) in [5.41, 5.74) is 2.72. The lowest BCUT2D eigenvalue weighted by Crippen LogP contribution is -2.16. The van der Waals surface area contributed by atoms with E-state index in [1.165, 1.54) is 11.6 Å². The van der Waals surface area contributed by atoms with Gasteiger partial charge in [-0.1, -0.05) is 54.1 Å². The van der Waals surface area contributed by atoms with Gasteiger partial charge in [0.1, 0.15) is 12.4 Å². The van der Waals surface area contributed by atoms with E-state index in [1.54, 1.807) is 19.2 Å². The van der Waals surface area contributed by atoms with Gasteiger partial charge in [0.05, 0.1) is 12.1 Å². The molecule has 154 valence electrons. The minimum absolute atomic E-state index is 0. The van der Waals surface area contributed by atoms with Crippen molar-refractivity contribution in [3.63, 3.8) is 0 Å². The first-order chi connectivity index (χ1) is 13.7. The molecule has 0 amide bonds. The lowest BCUT2D eigenvalue weighted by molar-refractivity contribution is 0.279. The minimum Gasteiger partial charge on any atom is -0.493 e. The van der Waals surface area contributed by atoms with Crippen molar-refractivity contribution in [3.05, 3.63) is 94.3 Å². The highest BCUT2D eigenvalue weighted by atomic mass is 35.5. The number of hydrogen-bond donors (Lipinski definition) is 1. The summed E-state index contributed by atoms with van der Waals surface area (Å²) in [6.45, 7) is 1.65. The zero-order valence-electron chi connectivity index (χ0n) is 16.2. The zero-order valence-corrected chi connectivity index (χ0v) is 17.7. The van der Waals surface area contributed by atoms with Crippen molar-refractivity contribution in [2.45, 2.75) is 19.6 Å². The van der Waals surface area contributed by atoms with E-state index in [-0.39, 0.29) is 24.8 Å². The summed E-state index contributed by atoms with van der Waals surface area (Å²) in [5.74, 6) is 0.773. The molecule has 0 unspecified atom stereocenters. The predicted molar refractivity (Wildman–Crippen MR) is 118 cm³/mol. The lowest BCUT2D eigenvalue weighted by Gasteiger charge is -2.14. The average Bonchev–Trinajstić information content (AvgIpc) is 2.72. The maximum absolute atomic E-state index is 13.9. The van der Waals surface area contributed by atoms with Crippen LogP contribution in [0.15, 0.2) is 66.7 Å². The van der Waals surface area contributed by atoms with Crippen LogP contribution in [0.1, 0.15) is 16.7 Å². The van der Waals surface area contributed by atoms with Crippen molar-refractivity contribution in [2.75, 3.05) is 13.7 Å². The smallest absolute Gasteiger partial charge is 0.161 e. The molecule has 0 bridgehead atoms. The molecule has 0 saturated carbocycles. The van der Waals surface area contributed by atoms with Gasteiger partial charge in [-0.05, 0) is 48.4 Å². The quantitative estimate of drug-likeness (QED) is 0.429. The first kappa shape index (κ1) is 23.0. The molecule has 1 N–H and O–H groups in total. The molecule has 0 aliphatic heterocycles. The fourth-order valence-electron chi connectivity index (χ4n) is 2.87. The molecule has 3 rings (SSSR count). The van der Waals surface area contributed by atoms with Crippen LogP contribution in [0.4, 0.5) is 4.39 Å². The molecule has 3 aromatic carbocycles. The summed E-state index contributed by atoms with van der Waals surface area (Å²) < 4.78 is 25.1. The number of hydrogen-bond acceptors (Lipinski definition) is 3. The number of rotatable bonds is 9. The van der Waals surface area contributed by atoms with Crippen LogP contribution < -0.4 is 14.8 Å². The Balaban J connectivity index is 0.00000300. The van der Waals surface area contributed by atoms with Crippen LogP contribution in [0.25, 0.3) is 0 Å². The molecule has 6 heteroatoms. The van der Waals surface area contributed by atoms with E-state index in [1.807, 2.05) is 36.4 Å². The van der Waals surface area contributed by atoms with E-state index >= 15 is 0 Å². The molecule has 3 aromatic rings. The van der Waals surface area contributed by atoms with Crippen molar-refractivity contribution in [1.82, 2.24) is 5.32 Å². The van der Waals surface area contributed by atoms with Crippen molar-refractivity contribution < 1.29 is 13.9 Å². The first-order valence-corrected chi connectivity index (χ1v) is 9.52. The van der Waals surface area contributed by atoms with Crippen molar-refractivity contribution >= 4 is 24.0 Å². The Kier molecular flexibility index (Phi) is 9.26. The Hall–Kier alpha value is -2.27. The highest BCUT2D eigenvalue weighted by Gasteiger charge is 2.11. The molecule has 0 saturated heterocycles. The number of benzene rings is 3. The molecule has 0 atom stereocenters. The molecule has 3 nitrogen and oxygen atoms in total. The molecular weight excluding hydrogens is 412 g/mol. The fourth-order valence-corrected chi connectivity index (χ4v) is 3.09. The van der Waals surface area contributed by atoms with Gasteiger partial charge in [0.25, 0.3) is 0 Å². The van der Waals surface area contributed by atoms with Gasteiger partial charge in [0.2, 0.25) is 0 Å². The topological polar surface area (TPSA) is 30.5 Å². The largest absolute Gasteiger partial charge is 0.493 e. The maximum Gasteiger partial charge on any atom is 0.161 e. The van der Waals surface area contributed by atoms with Gasteiger partial charge in [0, 0.05) is 12.1 Å². The van der Waals surface area contributed by atoms with Gasteiger partial charge in [-0.3, -0.25) is 0 Å². The van der Waals surface area contributed by atoms with Crippen LogP contribution in [-0.4, -0.2) is 13.7 Å².